The molecule has 0 saturated carbocycles. The van der Waals surface area contributed by atoms with Crippen LogP contribution in [0.1, 0.15) is 11.3 Å². The normalized spacial score (nSPS) is 11.1. The smallest absolute Gasteiger partial charge is 0.323 e. The van der Waals surface area contributed by atoms with Crippen molar-refractivity contribution in [3.8, 4) is 11.3 Å². The molecule has 1 N–H and O–H groups in total. The number of aromatic nitrogens is 3. The van der Waals surface area contributed by atoms with E-state index in [0.29, 0.717) is 18.7 Å². The predicted molar refractivity (Wildman–Crippen MR) is 112 cm³/mol. The van der Waals surface area contributed by atoms with E-state index in [0.717, 1.165) is 27.7 Å². The monoisotopic (exact) mass is 405 g/mol. The SMILES string of the molecule is Cc1c(-c2ccc(=O)n(CCc3ccc(F)cc3)n2)c2ccccc2n1CC(=O)O. The van der Waals surface area contributed by atoms with Gasteiger partial charge in [-0.1, -0.05) is 30.3 Å². The van der Waals surface area contributed by atoms with Gasteiger partial charge >= 0.3 is 5.97 Å². The molecule has 4 rings (SSSR count). The van der Waals surface area contributed by atoms with Crippen molar-refractivity contribution < 1.29 is 14.3 Å². The van der Waals surface area contributed by atoms with Crippen molar-refractivity contribution in [1.29, 1.82) is 0 Å². The predicted octanol–water partition coefficient (Wildman–Crippen LogP) is 3.64. The Morgan fingerprint density at radius 2 is 1.80 bits per heavy atom. The van der Waals surface area contributed by atoms with Crippen LogP contribution in [0.25, 0.3) is 22.2 Å². The third-order valence-electron chi connectivity index (χ3n) is 5.17. The highest BCUT2D eigenvalue weighted by molar-refractivity contribution is 5.97. The molecule has 0 bridgehead atoms. The quantitative estimate of drug-likeness (QED) is 0.531. The van der Waals surface area contributed by atoms with Crippen LogP contribution in [0.2, 0.25) is 0 Å². The summed E-state index contributed by atoms with van der Waals surface area (Å²) in [5, 5.41) is 14.7. The van der Waals surface area contributed by atoms with Crippen LogP contribution < -0.4 is 5.56 Å². The highest BCUT2D eigenvalue weighted by atomic mass is 19.1. The molecular formula is C23H20FN3O3. The molecule has 0 aliphatic carbocycles. The first kappa shape index (κ1) is 19.6. The van der Waals surface area contributed by atoms with E-state index < -0.39 is 5.97 Å². The van der Waals surface area contributed by atoms with E-state index in [2.05, 4.69) is 5.10 Å². The van der Waals surface area contributed by atoms with Crippen molar-refractivity contribution in [2.24, 2.45) is 0 Å². The highest BCUT2D eigenvalue weighted by Crippen LogP contribution is 2.33. The second-order valence-electron chi connectivity index (χ2n) is 7.11. The summed E-state index contributed by atoms with van der Waals surface area (Å²) in [5.41, 5.74) is 3.67. The van der Waals surface area contributed by atoms with Gasteiger partial charge in [0.15, 0.2) is 0 Å². The van der Waals surface area contributed by atoms with Crippen molar-refractivity contribution in [2.75, 3.05) is 0 Å². The van der Waals surface area contributed by atoms with Crippen LogP contribution in [0.4, 0.5) is 4.39 Å². The maximum Gasteiger partial charge on any atom is 0.323 e. The molecule has 6 nitrogen and oxygen atoms in total. The largest absolute Gasteiger partial charge is 0.480 e. The molecule has 152 valence electrons. The van der Waals surface area contributed by atoms with Gasteiger partial charge in [0, 0.05) is 34.8 Å². The third-order valence-corrected chi connectivity index (χ3v) is 5.17. The van der Waals surface area contributed by atoms with Crippen LogP contribution in [-0.4, -0.2) is 25.4 Å². The number of carboxylic acids is 1. The second-order valence-corrected chi connectivity index (χ2v) is 7.11. The molecule has 0 aliphatic heterocycles. The third kappa shape index (κ3) is 3.74. The van der Waals surface area contributed by atoms with Gasteiger partial charge in [-0.3, -0.25) is 9.59 Å². The summed E-state index contributed by atoms with van der Waals surface area (Å²) in [7, 11) is 0. The minimum absolute atomic E-state index is 0.156. The van der Waals surface area contributed by atoms with Gasteiger partial charge < -0.3 is 9.67 Å². The van der Waals surface area contributed by atoms with Crippen molar-refractivity contribution in [2.45, 2.75) is 26.4 Å². The Morgan fingerprint density at radius 3 is 2.53 bits per heavy atom. The Kier molecular flexibility index (Phi) is 5.18. The fourth-order valence-corrected chi connectivity index (χ4v) is 3.72. The Morgan fingerprint density at radius 1 is 1.07 bits per heavy atom. The number of hydrogen-bond donors (Lipinski definition) is 1. The summed E-state index contributed by atoms with van der Waals surface area (Å²) in [6.07, 6.45) is 0.538. The summed E-state index contributed by atoms with van der Waals surface area (Å²) in [6, 6.07) is 16.8. The average Bonchev–Trinajstić information content (AvgIpc) is 3.00. The van der Waals surface area contributed by atoms with Crippen LogP contribution in [0, 0.1) is 12.7 Å². The lowest BCUT2D eigenvalue weighted by Gasteiger charge is -2.09. The summed E-state index contributed by atoms with van der Waals surface area (Å²) in [5.74, 6) is -1.23. The summed E-state index contributed by atoms with van der Waals surface area (Å²) in [6.45, 7) is 2.05. The van der Waals surface area contributed by atoms with E-state index in [1.54, 1.807) is 22.8 Å². The molecule has 0 atom stereocenters. The van der Waals surface area contributed by atoms with E-state index >= 15 is 0 Å². The molecule has 0 spiro atoms. The van der Waals surface area contributed by atoms with Crippen LogP contribution in [0.3, 0.4) is 0 Å². The van der Waals surface area contributed by atoms with Crippen molar-refractivity contribution in [1.82, 2.24) is 14.3 Å². The number of aliphatic carboxylic acids is 1. The Labute approximate surface area is 171 Å². The molecule has 0 saturated heterocycles. The van der Waals surface area contributed by atoms with Crippen LogP contribution in [-0.2, 0) is 24.3 Å². The topological polar surface area (TPSA) is 77.1 Å². The van der Waals surface area contributed by atoms with Crippen LogP contribution in [0.15, 0.2) is 65.5 Å². The number of aryl methyl sites for hydroxylation is 2. The first-order chi connectivity index (χ1) is 14.4. The van der Waals surface area contributed by atoms with E-state index in [-0.39, 0.29) is 17.9 Å². The van der Waals surface area contributed by atoms with Crippen LogP contribution in [0.5, 0.6) is 0 Å². The number of benzene rings is 2. The lowest BCUT2D eigenvalue weighted by Crippen LogP contribution is -2.23. The van der Waals surface area contributed by atoms with E-state index in [9.17, 15) is 19.1 Å². The van der Waals surface area contributed by atoms with E-state index in [4.69, 9.17) is 0 Å². The average molecular weight is 405 g/mol. The van der Waals surface area contributed by atoms with E-state index in [1.165, 1.54) is 22.9 Å². The first-order valence-electron chi connectivity index (χ1n) is 9.56. The summed E-state index contributed by atoms with van der Waals surface area (Å²) >= 11 is 0. The number of hydrogen-bond acceptors (Lipinski definition) is 3. The van der Waals surface area contributed by atoms with Crippen molar-refractivity contribution >= 4 is 16.9 Å². The number of carboxylic acid groups (broad SMARTS) is 1. The molecule has 4 aromatic rings. The molecule has 2 aromatic carbocycles. The zero-order valence-corrected chi connectivity index (χ0v) is 16.4. The molecule has 30 heavy (non-hydrogen) atoms. The molecule has 0 unspecified atom stereocenters. The fourth-order valence-electron chi connectivity index (χ4n) is 3.72. The van der Waals surface area contributed by atoms with Gasteiger partial charge in [-0.15, -0.1) is 0 Å². The van der Waals surface area contributed by atoms with Gasteiger partial charge in [0.25, 0.3) is 5.56 Å². The number of rotatable bonds is 6. The van der Waals surface area contributed by atoms with Gasteiger partial charge in [-0.05, 0) is 43.2 Å². The lowest BCUT2D eigenvalue weighted by molar-refractivity contribution is -0.137. The Hall–Kier alpha value is -3.74. The number of para-hydroxylation sites is 1. The lowest BCUT2D eigenvalue weighted by atomic mass is 10.1. The molecule has 2 heterocycles. The first-order valence-corrected chi connectivity index (χ1v) is 9.56. The van der Waals surface area contributed by atoms with Gasteiger partial charge in [-0.2, -0.15) is 5.10 Å². The molecule has 0 amide bonds. The molecular weight excluding hydrogens is 385 g/mol. The molecule has 2 aromatic heterocycles. The van der Waals surface area contributed by atoms with Gasteiger partial charge in [-0.25, -0.2) is 9.07 Å². The maximum absolute atomic E-state index is 13.1. The fraction of sp³-hybridized carbons (Fsp3) is 0.174. The van der Waals surface area contributed by atoms with Gasteiger partial charge in [0.1, 0.15) is 12.4 Å². The summed E-state index contributed by atoms with van der Waals surface area (Å²) < 4.78 is 16.2. The standard InChI is InChI=1S/C23H20FN3O3/c1-15-23(18-4-2-3-5-20(18)26(15)14-22(29)30)19-10-11-21(28)27(25-19)13-12-16-6-8-17(24)9-7-16/h2-11H,12-14H2,1H3,(H,29,30). The number of nitrogens with zero attached hydrogens (tertiary/aromatic N) is 3. The van der Waals surface area contributed by atoms with E-state index in [1.807, 2.05) is 31.2 Å². The Balaban J connectivity index is 1.74. The molecule has 0 aliphatic rings. The molecule has 7 heteroatoms. The minimum Gasteiger partial charge on any atom is -0.480 e. The zero-order valence-electron chi connectivity index (χ0n) is 16.4. The molecule has 0 fully saturated rings. The van der Waals surface area contributed by atoms with Gasteiger partial charge in [0.2, 0.25) is 0 Å². The maximum atomic E-state index is 13.1. The number of fused-ring (bicyclic) bond motifs is 1. The second kappa shape index (κ2) is 7.94. The molecule has 0 radical (unpaired) electrons. The zero-order chi connectivity index (χ0) is 21.3. The van der Waals surface area contributed by atoms with Crippen molar-refractivity contribution in [3.05, 3.63) is 88.1 Å². The van der Waals surface area contributed by atoms with Crippen molar-refractivity contribution in [3.63, 3.8) is 0 Å². The Bertz CT molecular complexity index is 1290. The number of carbonyl (C=O) groups is 1. The van der Waals surface area contributed by atoms with Crippen LogP contribution >= 0.6 is 0 Å². The minimum atomic E-state index is -0.928. The summed E-state index contributed by atoms with van der Waals surface area (Å²) in [4.78, 5) is 23.7. The highest BCUT2D eigenvalue weighted by Gasteiger charge is 2.18. The van der Waals surface area contributed by atoms with Gasteiger partial charge in [0.05, 0.1) is 5.69 Å². The number of halogens is 1.